The molecule has 0 saturated heterocycles. The molecule has 0 spiro atoms. The molecule has 0 saturated carbocycles. The lowest BCUT2D eigenvalue weighted by molar-refractivity contribution is 0.197. The Morgan fingerprint density at radius 2 is 1.84 bits per heavy atom. The van der Waals surface area contributed by atoms with Gasteiger partial charge in [-0.2, -0.15) is 0 Å². The first kappa shape index (κ1) is 14.1. The van der Waals surface area contributed by atoms with Crippen molar-refractivity contribution in [2.75, 3.05) is 13.7 Å². The van der Waals surface area contributed by atoms with E-state index < -0.39 is 6.17 Å². The van der Waals surface area contributed by atoms with Crippen LogP contribution in [0.2, 0.25) is 0 Å². The maximum Gasteiger partial charge on any atom is 0.159 e. The van der Waals surface area contributed by atoms with Gasteiger partial charge in [0.25, 0.3) is 0 Å². The lowest BCUT2D eigenvalue weighted by atomic mass is 10.1. The Labute approximate surface area is 125 Å². The Morgan fingerprint density at radius 1 is 1.11 bits per heavy atom. The Morgan fingerprint density at radius 3 is 2.53 bits per heavy atom. The average Bonchev–Trinajstić information content (AvgIpc) is 2.46. The lowest BCUT2D eigenvalue weighted by Crippen LogP contribution is -2.06. The zero-order valence-electron chi connectivity index (χ0n) is 10.5. The normalized spacial score (nSPS) is 11.9. The smallest absolute Gasteiger partial charge is 0.159 e. The van der Waals surface area contributed by atoms with Crippen molar-refractivity contribution in [2.45, 2.75) is 6.17 Å². The van der Waals surface area contributed by atoms with Crippen molar-refractivity contribution in [3.63, 3.8) is 0 Å². The summed E-state index contributed by atoms with van der Waals surface area (Å²) in [5, 5.41) is 0. The van der Waals surface area contributed by atoms with Gasteiger partial charge in [0.15, 0.2) is 6.17 Å². The molecule has 1 unspecified atom stereocenters. The number of ether oxygens (including phenoxy) is 2. The molecule has 1 atom stereocenters. The third kappa shape index (κ3) is 4.09. The molecule has 4 heteroatoms. The van der Waals surface area contributed by atoms with Gasteiger partial charge in [0.05, 0.1) is 7.11 Å². The molecule has 0 aliphatic rings. The van der Waals surface area contributed by atoms with Crippen LogP contribution in [-0.4, -0.2) is 13.7 Å². The van der Waals surface area contributed by atoms with Crippen LogP contribution < -0.4 is 9.47 Å². The molecule has 19 heavy (non-hydrogen) atoms. The van der Waals surface area contributed by atoms with Crippen LogP contribution in [0.15, 0.2) is 48.5 Å². The molecule has 2 rings (SSSR count). The minimum absolute atomic E-state index is 0.00619. The van der Waals surface area contributed by atoms with Gasteiger partial charge in [-0.15, -0.1) is 0 Å². The van der Waals surface area contributed by atoms with Crippen molar-refractivity contribution in [2.24, 2.45) is 0 Å². The van der Waals surface area contributed by atoms with Gasteiger partial charge in [0.2, 0.25) is 0 Å². The number of benzene rings is 2. The third-order valence-corrected chi connectivity index (χ3v) is 3.38. The highest BCUT2D eigenvalue weighted by atomic mass is 127. The molecule has 0 aliphatic carbocycles. The van der Waals surface area contributed by atoms with E-state index in [0.29, 0.717) is 17.1 Å². The first-order valence-electron chi connectivity index (χ1n) is 5.85. The second-order valence-electron chi connectivity index (χ2n) is 4.01. The molecule has 0 N–H and O–H groups in total. The molecule has 2 nitrogen and oxygen atoms in total. The van der Waals surface area contributed by atoms with E-state index in [-0.39, 0.29) is 6.61 Å². The van der Waals surface area contributed by atoms with E-state index in [1.807, 2.05) is 24.3 Å². The summed E-state index contributed by atoms with van der Waals surface area (Å²) in [5.74, 6) is 1.32. The van der Waals surface area contributed by atoms with Gasteiger partial charge in [-0.25, -0.2) is 4.39 Å². The minimum atomic E-state index is -1.17. The van der Waals surface area contributed by atoms with Crippen molar-refractivity contribution >= 4 is 22.6 Å². The van der Waals surface area contributed by atoms with Crippen LogP contribution in [0.4, 0.5) is 4.39 Å². The number of rotatable bonds is 5. The van der Waals surface area contributed by atoms with Gasteiger partial charge in [0.1, 0.15) is 18.1 Å². The van der Waals surface area contributed by atoms with E-state index in [1.54, 1.807) is 31.4 Å². The first-order chi connectivity index (χ1) is 9.19. The summed E-state index contributed by atoms with van der Waals surface area (Å²) in [6.45, 7) is -0.00619. The average molecular weight is 372 g/mol. The molecule has 0 aromatic heterocycles. The molecule has 2 aromatic rings. The Balaban J connectivity index is 1.96. The topological polar surface area (TPSA) is 18.5 Å². The van der Waals surface area contributed by atoms with Crippen LogP contribution in [0.5, 0.6) is 11.5 Å². The molecule has 0 bridgehead atoms. The number of alkyl halides is 1. The van der Waals surface area contributed by atoms with Crippen LogP contribution in [0.25, 0.3) is 0 Å². The number of halogens is 2. The Bertz CT molecular complexity index is 528. The zero-order chi connectivity index (χ0) is 13.7. The van der Waals surface area contributed by atoms with Gasteiger partial charge in [0, 0.05) is 3.57 Å². The predicted octanol–water partition coefficient (Wildman–Crippen LogP) is 4.39. The molecule has 0 radical (unpaired) electrons. The minimum Gasteiger partial charge on any atom is -0.497 e. The maximum atomic E-state index is 14.0. The highest BCUT2D eigenvalue weighted by Gasteiger charge is 2.11. The fourth-order valence-electron chi connectivity index (χ4n) is 1.63. The van der Waals surface area contributed by atoms with E-state index in [9.17, 15) is 4.39 Å². The molecular weight excluding hydrogens is 358 g/mol. The highest BCUT2D eigenvalue weighted by molar-refractivity contribution is 14.1. The van der Waals surface area contributed by atoms with Gasteiger partial charge < -0.3 is 9.47 Å². The van der Waals surface area contributed by atoms with Crippen LogP contribution in [-0.2, 0) is 0 Å². The quantitative estimate of drug-likeness (QED) is 0.725. The van der Waals surface area contributed by atoms with Crippen molar-refractivity contribution in [3.8, 4) is 11.5 Å². The van der Waals surface area contributed by atoms with Crippen molar-refractivity contribution in [3.05, 3.63) is 57.7 Å². The lowest BCUT2D eigenvalue weighted by Gasteiger charge is -2.11. The number of methoxy groups -OCH3 is 1. The molecule has 0 heterocycles. The van der Waals surface area contributed by atoms with Crippen molar-refractivity contribution < 1.29 is 13.9 Å². The summed E-state index contributed by atoms with van der Waals surface area (Å²) < 4.78 is 25.7. The van der Waals surface area contributed by atoms with Gasteiger partial charge in [-0.1, -0.05) is 12.1 Å². The summed E-state index contributed by atoms with van der Waals surface area (Å²) in [4.78, 5) is 0. The summed E-state index contributed by atoms with van der Waals surface area (Å²) in [7, 11) is 1.56. The van der Waals surface area contributed by atoms with E-state index in [0.717, 1.165) is 3.57 Å². The predicted molar refractivity (Wildman–Crippen MR) is 81.5 cm³/mol. The van der Waals surface area contributed by atoms with E-state index in [4.69, 9.17) is 9.47 Å². The summed E-state index contributed by atoms with van der Waals surface area (Å²) in [6, 6.07) is 14.5. The Hall–Kier alpha value is -1.30. The number of hydrogen-bond donors (Lipinski definition) is 0. The summed E-state index contributed by atoms with van der Waals surface area (Å²) in [6.07, 6.45) is -1.17. The molecule has 100 valence electrons. The molecule has 0 fully saturated rings. The zero-order valence-corrected chi connectivity index (χ0v) is 12.6. The fourth-order valence-corrected chi connectivity index (χ4v) is 1.99. The van der Waals surface area contributed by atoms with Gasteiger partial charge in [-0.3, -0.25) is 0 Å². The second kappa shape index (κ2) is 6.75. The standard InChI is InChI=1S/C15H14FIO2/c1-18-14-4-2-3-11(9-14)15(16)10-19-13-7-5-12(17)6-8-13/h2-9,15H,10H2,1H3. The molecular formula is C15H14FIO2. The summed E-state index contributed by atoms with van der Waals surface area (Å²) in [5.41, 5.74) is 0.560. The van der Waals surface area contributed by atoms with Gasteiger partial charge >= 0.3 is 0 Å². The fraction of sp³-hybridized carbons (Fsp3) is 0.200. The monoisotopic (exact) mass is 372 g/mol. The SMILES string of the molecule is COc1cccc(C(F)COc2ccc(I)cc2)c1. The van der Waals surface area contributed by atoms with Crippen LogP contribution >= 0.6 is 22.6 Å². The van der Waals surface area contributed by atoms with Crippen LogP contribution in [0.3, 0.4) is 0 Å². The van der Waals surface area contributed by atoms with Gasteiger partial charge in [-0.05, 0) is 64.6 Å². The maximum absolute atomic E-state index is 14.0. The van der Waals surface area contributed by atoms with E-state index in [2.05, 4.69) is 22.6 Å². The van der Waals surface area contributed by atoms with Crippen LogP contribution in [0.1, 0.15) is 11.7 Å². The molecule has 0 amide bonds. The van der Waals surface area contributed by atoms with E-state index >= 15 is 0 Å². The van der Waals surface area contributed by atoms with Crippen molar-refractivity contribution in [1.29, 1.82) is 0 Å². The largest absolute Gasteiger partial charge is 0.497 e. The van der Waals surface area contributed by atoms with Crippen molar-refractivity contribution in [1.82, 2.24) is 0 Å². The number of hydrogen-bond acceptors (Lipinski definition) is 2. The summed E-state index contributed by atoms with van der Waals surface area (Å²) >= 11 is 2.21. The molecule has 2 aromatic carbocycles. The first-order valence-corrected chi connectivity index (χ1v) is 6.93. The Kier molecular flexibility index (Phi) is 5.01. The third-order valence-electron chi connectivity index (χ3n) is 2.67. The van der Waals surface area contributed by atoms with Crippen LogP contribution in [0, 0.1) is 3.57 Å². The van der Waals surface area contributed by atoms with E-state index in [1.165, 1.54) is 0 Å². The highest BCUT2D eigenvalue weighted by Crippen LogP contribution is 2.23. The second-order valence-corrected chi connectivity index (χ2v) is 5.25. The molecule has 0 aliphatic heterocycles.